The molecule has 0 radical (unpaired) electrons. The van der Waals surface area contributed by atoms with Crippen LogP contribution >= 0.6 is 0 Å². The van der Waals surface area contributed by atoms with E-state index in [1.54, 1.807) is 31.2 Å². The molecular formula is C12H13AuNO3+. The van der Waals surface area contributed by atoms with E-state index in [1.807, 2.05) is 6.07 Å². The van der Waals surface area contributed by atoms with Gasteiger partial charge >= 0.3 is 22.4 Å². The van der Waals surface area contributed by atoms with E-state index in [4.69, 9.17) is 0 Å². The van der Waals surface area contributed by atoms with Crippen LogP contribution in [0.2, 0.25) is 0 Å². The topological polar surface area (TPSA) is 49.5 Å². The van der Waals surface area contributed by atoms with Gasteiger partial charge in [0.1, 0.15) is 0 Å². The van der Waals surface area contributed by atoms with Crippen LogP contribution in [0, 0.1) is 6.08 Å². The summed E-state index contributed by atoms with van der Waals surface area (Å²) in [5, 5.41) is 9.52. The average Bonchev–Trinajstić information content (AvgIpc) is 2.30. The van der Waals surface area contributed by atoms with Gasteiger partial charge in [-0.1, -0.05) is 22.9 Å². The van der Waals surface area contributed by atoms with Crippen LogP contribution in [0.1, 0.15) is 6.92 Å². The molecular weight excluding hydrogens is 403 g/mol. The molecule has 94 valence electrons. The summed E-state index contributed by atoms with van der Waals surface area (Å²) in [5.74, 6) is -0.555. The third kappa shape index (κ3) is 6.06. The third-order valence-corrected chi connectivity index (χ3v) is 1.71. The molecule has 0 heterocycles. The quantitative estimate of drug-likeness (QED) is 0.119. The second-order valence-corrected chi connectivity index (χ2v) is 2.86. The largest absolute Gasteiger partial charge is 1.00 e. The number of allylic oxidation sites excluding steroid dienone is 1. The van der Waals surface area contributed by atoms with Gasteiger partial charge in [-0.15, -0.1) is 0 Å². The molecule has 4 nitrogen and oxygen atoms in total. The van der Waals surface area contributed by atoms with Crippen LogP contribution in [0.25, 0.3) is 0 Å². The Morgan fingerprint density at radius 2 is 2.12 bits per heavy atom. The van der Waals surface area contributed by atoms with Gasteiger partial charge in [-0.3, -0.25) is 4.79 Å². The van der Waals surface area contributed by atoms with Crippen LogP contribution < -0.4 is 0 Å². The molecule has 1 N–H and O–H groups in total. The predicted octanol–water partition coefficient (Wildman–Crippen LogP) is 1.71. The van der Waals surface area contributed by atoms with E-state index in [9.17, 15) is 10.0 Å². The first-order chi connectivity index (χ1) is 7.74. The van der Waals surface area contributed by atoms with Crippen molar-refractivity contribution < 1.29 is 41.9 Å². The molecule has 0 saturated heterocycles. The molecule has 1 aromatic rings. The van der Waals surface area contributed by atoms with E-state index in [0.29, 0.717) is 12.3 Å². The normalized spacial score (nSPS) is 11.0. The summed E-state index contributed by atoms with van der Waals surface area (Å²) in [6.07, 6.45) is 4.95. The fourth-order valence-electron chi connectivity index (χ4n) is 1.02. The summed E-state index contributed by atoms with van der Waals surface area (Å²) in [6.45, 7) is 2.02. The van der Waals surface area contributed by atoms with E-state index in [2.05, 4.69) is 10.8 Å². The van der Waals surface area contributed by atoms with Crippen molar-refractivity contribution in [3.05, 3.63) is 42.5 Å². The third-order valence-electron chi connectivity index (χ3n) is 1.71. The van der Waals surface area contributed by atoms with Gasteiger partial charge in [0.15, 0.2) is 0 Å². The van der Waals surface area contributed by atoms with Crippen molar-refractivity contribution in [2.75, 3.05) is 6.61 Å². The van der Waals surface area contributed by atoms with Gasteiger partial charge < -0.3 is 9.94 Å². The fraction of sp³-hybridized carbons (Fsp3) is 0.167. The molecule has 0 fully saturated rings. The molecule has 0 aliphatic heterocycles. The molecule has 0 aromatic heterocycles. The zero-order valence-corrected chi connectivity index (χ0v) is 11.4. The van der Waals surface area contributed by atoms with Crippen molar-refractivity contribution in [3.8, 4) is 0 Å². The maximum atomic E-state index is 10.9. The van der Waals surface area contributed by atoms with Gasteiger partial charge in [-0.05, 0) is 6.92 Å². The van der Waals surface area contributed by atoms with E-state index >= 15 is 0 Å². The van der Waals surface area contributed by atoms with Crippen LogP contribution in [-0.2, 0) is 31.9 Å². The monoisotopic (exact) mass is 416 g/mol. The first-order valence-corrected chi connectivity index (χ1v) is 4.87. The molecule has 0 aliphatic rings. The number of rotatable bonds is 4. The number of carbonyl (C=O) groups excluding carboxylic acids is 1. The van der Waals surface area contributed by atoms with Crippen LogP contribution in [0.15, 0.2) is 36.4 Å². The van der Waals surface area contributed by atoms with E-state index in [-0.39, 0.29) is 22.4 Å². The van der Waals surface area contributed by atoms with Gasteiger partial charge in [-0.25, -0.2) is 0 Å². The molecule has 0 aliphatic carbocycles. The Bertz CT molecular complexity index is 401. The Morgan fingerprint density at radius 3 is 2.71 bits per heavy atom. The average molecular weight is 416 g/mol. The maximum absolute atomic E-state index is 10.9. The minimum atomic E-state index is -0.555. The van der Waals surface area contributed by atoms with Gasteiger partial charge in [0, 0.05) is 12.1 Å². The van der Waals surface area contributed by atoms with Crippen molar-refractivity contribution in [2.45, 2.75) is 6.92 Å². The molecule has 1 rings (SSSR count). The van der Waals surface area contributed by atoms with E-state index in [1.165, 1.54) is 12.3 Å². The number of benzene rings is 1. The molecule has 17 heavy (non-hydrogen) atoms. The Labute approximate surface area is 116 Å². The Kier molecular flexibility index (Phi) is 8.05. The molecule has 0 bridgehead atoms. The van der Waals surface area contributed by atoms with Gasteiger partial charge in [-0.2, -0.15) is 12.2 Å². The van der Waals surface area contributed by atoms with Crippen LogP contribution in [0.3, 0.4) is 0 Å². The minimum absolute atomic E-state index is 0. The molecule has 0 saturated carbocycles. The summed E-state index contributed by atoms with van der Waals surface area (Å²) < 4.78 is 5.52. The van der Waals surface area contributed by atoms with Crippen LogP contribution in [0.4, 0.5) is 5.69 Å². The van der Waals surface area contributed by atoms with Crippen molar-refractivity contribution in [2.24, 2.45) is 0 Å². The smallest absolute Gasteiger partial charge is 0.477 e. The van der Waals surface area contributed by atoms with Gasteiger partial charge in [0.05, 0.1) is 12.8 Å². The maximum Gasteiger partial charge on any atom is 1.00 e. The first-order valence-electron chi connectivity index (χ1n) is 4.87. The first kappa shape index (κ1) is 15.6. The standard InChI is InChI=1S/C12H13NO3.Au/c1-2-16-12(14)9-6-10-13(15)11-7-4-3-5-8-11;/h3-8,10,15H,2H2,1H3;/q;+1/b13-10+;. The fourth-order valence-corrected chi connectivity index (χ4v) is 1.02. The van der Waals surface area contributed by atoms with Crippen molar-refractivity contribution in [3.63, 3.8) is 0 Å². The summed E-state index contributed by atoms with van der Waals surface area (Å²) >= 11 is 0. The number of para-hydroxylation sites is 1. The summed E-state index contributed by atoms with van der Waals surface area (Å²) in [5.41, 5.74) is 0.601. The Hall–Kier alpha value is -1.36. The van der Waals surface area contributed by atoms with Crippen molar-refractivity contribution >= 4 is 17.9 Å². The van der Waals surface area contributed by atoms with E-state index in [0.717, 1.165) is 4.74 Å². The molecule has 0 amide bonds. The molecule has 0 unspecified atom stereocenters. The second kappa shape index (κ2) is 8.75. The number of esters is 1. The van der Waals surface area contributed by atoms with Crippen molar-refractivity contribution in [1.29, 1.82) is 0 Å². The van der Waals surface area contributed by atoms with Crippen molar-refractivity contribution in [1.82, 2.24) is 0 Å². The molecule has 1 aromatic carbocycles. The predicted molar refractivity (Wildman–Crippen MR) is 58.7 cm³/mol. The Balaban J connectivity index is 0.00000256. The number of nitrogens with zero attached hydrogens (tertiary/aromatic N) is 1. The van der Waals surface area contributed by atoms with Crippen LogP contribution in [0.5, 0.6) is 0 Å². The number of ether oxygens (including phenoxy) is 1. The molecule has 0 spiro atoms. The number of carbonyl (C=O) groups is 1. The second-order valence-electron chi connectivity index (χ2n) is 2.86. The summed E-state index contributed by atoms with van der Waals surface area (Å²) in [4.78, 5) is 10.9. The zero-order valence-electron chi connectivity index (χ0n) is 9.26. The summed E-state index contributed by atoms with van der Waals surface area (Å²) in [6, 6.07) is 8.90. The number of hydrogen-bond acceptors (Lipinski definition) is 3. The van der Waals surface area contributed by atoms with Gasteiger partial charge in [0.2, 0.25) is 11.7 Å². The van der Waals surface area contributed by atoms with Crippen LogP contribution in [-0.4, -0.2) is 28.7 Å². The zero-order chi connectivity index (χ0) is 11.8. The minimum Gasteiger partial charge on any atom is -0.477 e. The number of hydrogen-bond donors (Lipinski definition) is 1. The molecule has 5 heteroatoms. The Morgan fingerprint density at radius 1 is 1.47 bits per heavy atom. The van der Waals surface area contributed by atoms with E-state index < -0.39 is 5.97 Å². The SMILES string of the molecule is CCOC(=O)[C-]=C/C=[N+](/O)c1ccccc1.[Au+]. The van der Waals surface area contributed by atoms with Gasteiger partial charge in [0.25, 0.3) is 0 Å². The molecule has 0 atom stereocenters. The summed E-state index contributed by atoms with van der Waals surface area (Å²) in [7, 11) is 0.